The van der Waals surface area contributed by atoms with Crippen LogP contribution in [-0.2, 0) is 4.79 Å². The summed E-state index contributed by atoms with van der Waals surface area (Å²) in [6.45, 7) is 4.20. The first kappa shape index (κ1) is 9.56. The van der Waals surface area contributed by atoms with Gasteiger partial charge in [-0.15, -0.1) is 0 Å². The first-order chi connectivity index (χ1) is 5.57. The second-order valence-electron chi connectivity index (χ2n) is 4.39. The Kier molecular flexibility index (Phi) is 2.76. The summed E-state index contributed by atoms with van der Waals surface area (Å²) in [6.07, 6.45) is 4.82. The lowest BCUT2D eigenvalue weighted by Gasteiger charge is -2.25. The van der Waals surface area contributed by atoms with Gasteiger partial charge in [0.05, 0.1) is 5.41 Å². The highest BCUT2D eigenvalue weighted by Gasteiger charge is 2.41. The van der Waals surface area contributed by atoms with E-state index in [-0.39, 0.29) is 5.41 Å². The van der Waals surface area contributed by atoms with Gasteiger partial charge in [-0.25, -0.2) is 0 Å². The summed E-state index contributed by atoms with van der Waals surface area (Å²) in [5.74, 6) is -0.0760. The van der Waals surface area contributed by atoms with Gasteiger partial charge in [0.2, 0.25) is 0 Å². The van der Waals surface area contributed by atoms with Gasteiger partial charge in [-0.3, -0.25) is 4.79 Å². The van der Waals surface area contributed by atoms with E-state index in [9.17, 15) is 4.79 Å². The Hall–Kier alpha value is -0.530. The molecule has 0 aromatic carbocycles. The predicted molar refractivity (Wildman–Crippen MR) is 48.0 cm³/mol. The van der Waals surface area contributed by atoms with Crippen LogP contribution in [-0.4, -0.2) is 11.1 Å². The molecule has 1 rings (SSSR count). The van der Waals surface area contributed by atoms with Crippen LogP contribution in [0.4, 0.5) is 0 Å². The van der Waals surface area contributed by atoms with Crippen molar-refractivity contribution < 1.29 is 9.90 Å². The van der Waals surface area contributed by atoms with Crippen LogP contribution in [0.2, 0.25) is 0 Å². The Morgan fingerprint density at radius 2 is 1.92 bits per heavy atom. The number of carboxylic acids is 1. The molecule has 0 heterocycles. The van der Waals surface area contributed by atoms with Crippen molar-refractivity contribution in [3.63, 3.8) is 0 Å². The number of hydrogen-bond acceptors (Lipinski definition) is 1. The normalized spacial score (nSPS) is 21.6. The molecule has 0 atom stereocenters. The fourth-order valence-electron chi connectivity index (χ4n) is 2.34. The second kappa shape index (κ2) is 3.46. The molecule has 1 aliphatic rings. The molecule has 1 fully saturated rings. The first-order valence-corrected chi connectivity index (χ1v) is 4.80. The Bertz CT molecular complexity index is 167. The summed E-state index contributed by atoms with van der Waals surface area (Å²) in [6, 6.07) is 0. The third-order valence-corrected chi connectivity index (χ3v) is 2.81. The molecule has 0 saturated heterocycles. The van der Waals surface area contributed by atoms with Crippen molar-refractivity contribution in [3.05, 3.63) is 0 Å². The first-order valence-electron chi connectivity index (χ1n) is 4.80. The molecular weight excluding hydrogens is 152 g/mol. The molecule has 0 spiro atoms. The lowest BCUT2D eigenvalue weighted by Crippen LogP contribution is -2.29. The lowest BCUT2D eigenvalue weighted by molar-refractivity contribution is -0.149. The molecular formula is C10H18O2. The minimum absolute atomic E-state index is 0.367. The monoisotopic (exact) mass is 170 g/mol. The van der Waals surface area contributed by atoms with Crippen molar-refractivity contribution >= 4 is 5.97 Å². The van der Waals surface area contributed by atoms with E-state index in [1.54, 1.807) is 0 Å². The third kappa shape index (κ3) is 1.79. The van der Waals surface area contributed by atoms with Crippen LogP contribution in [0.5, 0.6) is 0 Å². The van der Waals surface area contributed by atoms with Crippen LogP contribution in [0.15, 0.2) is 0 Å². The summed E-state index contributed by atoms with van der Waals surface area (Å²) in [7, 11) is 0. The Morgan fingerprint density at radius 1 is 1.42 bits per heavy atom. The minimum atomic E-state index is -0.575. The smallest absolute Gasteiger partial charge is 0.309 e. The number of carboxylic acid groups (broad SMARTS) is 1. The van der Waals surface area contributed by atoms with Gasteiger partial charge in [0.1, 0.15) is 0 Å². The van der Waals surface area contributed by atoms with E-state index in [0.717, 1.165) is 32.1 Å². The summed E-state index contributed by atoms with van der Waals surface area (Å²) in [5.41, 5.74) is -0.367. The maximum absolute atomic E-state index is 11.1. The molecule has 0 aliphatic heterocycles. The predicted octanol–water partition coefficient (Wildman–Crippen LogP) is 2.68. The molecule has 0 amide bonds. The van der Waals surface area contributed by atoms with Crippen LogP contribution in [0.3, 0.4) is 0 Å². The molecule has 0 aromatic heterocycles. The molecule has 0 unspecified atom stereocenters. The van der Waals surface area contributed by atoms with Crippen molar-refractivity contribution in [2.75, 3.05) is 0 Å². The highest BCUT2D eigenvalue weighted by atomic mass is 16.4. The summed E-state index contributed by atoms with van der Waals surface area (Å²) >= 11 is 0. The molecule has 0 radical (unpaired) electrons. The SMILES string of the molecule is CC(C)CC1(C(=O)O)CCCC1. The van der Waals surface area contributed by atoms with Gasteiger partial charge in [-0.1, -0.05) is 26.7 Å². The fraction of sp³-hybridized carbons (Fsp3) is 0.900. The quantitative estimate of drug-likeness (QED) is 0.707. The highest BCUT2D eigenvalue weighted by molar-refractivity contribution is 5.74. The van der Waals surface area contributed by atoms with Crippen LogP contribution in [0, 0.1) is 11.3 Å². The molecule has 1 aliphatic carbocycles. The summed E-state index contributed by atoms with van der Waals surface area (Å²) in [4.78, 5) is 11.1. The van der Waals surface area contributed by atoms with Crippen molar-refractivity contribution in [2.24, 2.45) is 11.3 Å². The van der Waals surface area contributed by atoms with Gasteiger partial charge in [0, 0.05) is 0 Å². The maximum atomic E-state index is 11.1. The van der Waals surface area contributed by atoms with Crippen LogP contribution in [0.25, 0.3) is 0 Å². The zero-order chi connectivity index (χ0) is 9.19. The minimum Gasteiger partial charge on any atom is -0.481 e. The molecule has 1 N–H and O–H groups in total. The Labute approximate surface area is 74.0 Å². The zero-order valence-corrected chi connectivity index (χ0v) is 7.97. The molecule has 0 bridgehead atoms. The molecule has 2 heteroatoms. The van der Waals surface area contributed by atoms with Crippen LogP contribution in [0.1, 0.15) is 46.0 Å². The highest BCUT2D eigenvalue weighted by Crippen LogP contribution is 2.43. The second-order valence-corrected chi connectivity index (χ2v) is 4.39. The van der Waals surface area contributed by atoms with E-state index < -0.39 is 5.97 Å². The Balaban J connectivity index is 2.65. The van der Waals surface area contributed by atoms with Crippen LogP contribution >= 0.6 is 0 Å². The molecule has 70 valence electrons. The fourth-order valence-corrected chi connectivity index (χ4v) is 2.34. The van der Waals surface area contributed by atoms with Gasteiger partial charge in [-0.2, -0.15) is 0 Å². The number of hydrogen-bond donors (Lipinski definition) is 1. The van der Waals surface area contributed by atoms with E-state index in [0.29, 0.717) is 5.92 Å². The topological polar surface area (TPSA) is 37.3 Å². The Morgan fingerprint density at radius 3 is 2.25 bits per heavy atom. The number of rotatable bonds is 3. The van der Waals surface area contributed by atoms with E-state index in [2.05, 4.69) is 13.8 Å². The van der Waals surface area contributed by atoms with E-state index in [4.69, 9.17) is 5.11 Å². The van der Waals surface area contributed by atoms with Gasteiger partial charge in [0.15, 0.2) is 0 Å². The molecule has 1 saturated carbocycles. The third-order valence-electron chi connectivity index (χ3n) is 2.81. The zero-order valence-electron chi connectivity index (χ0n) is 7.97. The van der Waals surface area contributed by atoms with Crippen molar-refractivity contribution in [1.82, 2.24) is 0 Å². The molecule has 12 heavy (non-hydrogen) atoms. The largest absolute Gasteiger partial charge is 0.481 e. The average Bonchev–Trinajstić information content (AvgIpc) is 2.35. The van der Waals surface area contributed by atoms with Gasteiger partial charge >= 0.3 is 5.97 Å². The lowest BCUT2D eigenvalue weighted by atomic mass is 9.79. The molecule has 2 nitrogen and oxygen atoms in total. The maximum Gasteiger partial charge on any atom is 0.309 e. The van der Waals surface area contributed by atoms with Crippen molar-refractivity contribution in [3.8, 4) is 0 Å². The van der Waals surface area contributed by atoms with Gasteiger partial charge in [-0.05, 0) is 25.2 Å². The van der Waals surface area contributed by atoms with Crippen molar-refractivity contribution in [1.29, 1.82) is 0 Å². The van der Waals surface area contributed by atoms with E-state index in [1.165, 1.54) is 0 Å². The number of aliphatic carboxylic acids is 1. The molecule has 0 aromatic rings. The summed E-state index contributed by atoms with van der Waals surface area (Å²) < 4.78 is 0. The van der Waals surface area contributed by atoms with Crippen LogP contribution < -0.4 is 0 Å². The van der Waals surface area contributed by atoms with Gasteiger partial charge in [0.25, 0.3) is 0 Å². The van der Waals surface area contributed by atoms with E-state index >= 15 is 0 Å². The van der Waals surface area contributed by atoms with E-state index in [1.807, 2.05) is 0 Å². The van der Waals surface area contributed by atoms with Crippen molar-refractivity contribution in [2.45, 2.75) is 46.0 Å². The average molecular weight is 170 g/mol. The summed E-state index contributed by atoms with van der Waals surface area (Å²) in [5, 5.41) is 9.11. The standard InChI is InChI=1S/C10H18O2/c1-8(2)7-10(9(11)12)5-3-4-6-10/h8H,3-7H2,1-2H3,(H,11,12). The van der Waals surface area contributed by atoms with Gasteiger partial charge < -0.3 is 5.11 Å². The number of carbonyl (C=O) groups is 1.